The molecule has 126 valence electrons. The molecule has 0 N–H and O–H groups in total. The Labute approximate surface area is 157 Å². The highest BCUT2D eigenvalue weighted by Gasteiger charge is 2.45. The number of rotatable bonds is 5. The molecule has 1 unspecified atom stereocenters. The minimum absolute atomic E-state index is 0.709. The van der Waals surface area contributed by atoms with Crippen molar-refractivity contribution in [3.8, 4) is 0 Å². The molecule has 1 atom stereocenters. The van der Waals surface area contributed by atoms with Crippen LogP contribution in [0.25, 0.3) is 0 Å². The van der Waals surface area contributed by atoms with Crippen LogP contribution < -0.4 is 21.2 Å². The van der Waals surface area contributed by atoms with Gasteiger partial charge in [0.1, 0.15) is 22.9 Å². The molecule has 0 aliphatic heterocycles. The van der Waals surface area contributed by atoms with E-state index in [1.54, 1.807) is 0 Å². The summed E-state index contributed by atoms with van der Waals surface area (Å²) >= 11 is 0. The molecular formula is C24H21P2+. The maximum atomic E-state index is 2.31. The van der Waals surface area contributed by atoms with Gasteiger partial charge >= 0.3 is 0 Å². The van der Waals surface area contributed by atoms with Crippen LogP contribution in [-0.4, -0.2) is 0 Å². The molecule has 0 spiro atoms. The highest BCUT2D eigenvalue weighted by molar-refractivity contribution is 8.44. The minimum atomic E-state index is -1.75. The quantitative estimate of drug-likeness (QED) is 0.438. The lowest BCUT2D eigenvalue weighted by Crippen LogP contribution is -2.29. The first-order valence-corrected chi connectivity index (χ1v) is 12.4. The summed E-state index contributed by atoms with van der Waals surface area (Å²) in [5.41, 5.74) is 0. The fourth-order valence-corrected chi connectivity index (χ4v) is 11.3. The number of hydrogen-bond donors (Lipinski definition) is 0. The van der Waals surface area contributed by atoms with Crippen LogP contribution in [0, 0.1) is 0 Å². The van der Waals surface area contributed by atoms with E-state index in [9.17, 15) is 0 Å². The minimum Gasteiger partial charge on any atom is -0.0622 e. The molecule has 0 aliphatic carbocycles. The fourth-order valence-electron chi connectivity index (χ4n) is 3.30. The molecule has 0 heterocycles. The molecule has 4 rings (SSSR count). The molecule has 4 aromatic carbocycles. The second-order valence-electron chi connectivity index (χ2n) is 6.16. The van der Waals surface area contributed by atoms with E-state index in [0.717, 1.165) is 0 Å². The van der Waals surface area contributed by atoms with Crippen molar-refractivity contribution >= 4 is 36.4 Å². The Kier molecular flexibility index (Phi) is 5.26. The molecule has 26 heavy (non-hydrogen) atoms. The van der Waals surface area contributed by atoms with Crippen molar-refractivity contribution in [2.24, 2.45) is 0 Å². The predicted molar refractivity (Wildman–Crippen MR) is 120 cm³/mol. The molecule has 0 fully saturated rings. The number of benzene rings is 4. The molecule has 0 saturated heterocycles. The van der Waals surface area contributed by atoms with E-state index in [4.69, 9.17) is 0 Å². The van der Waals surface area contributed by atoms with Crippen molar-refractivity contribution in [3.63, 3.8) is 0 Å². The van der Waals surface area contributed by atoms with Crippen LogP contribution >= 0.6 is 15.2 Å². The van der Waals surface area contributed by atoms with E-state index in [1.807, 2.05) is 0 Å². The molecule has 0 aliphatic rings. The van der Waals surface area contributed by atoms with Crippen molar-refractivity contribution in [2.75, 3.05) is 0 Å². The van der Waals surface area contributed by atoms with Gasteiger partial charge in [-0.2, -0.15) is 0 Å². The van der Waals surface area contributed by atoms with E-state index in [0.29, 0.717) is 8.27 Å². The van der Waals surface area contributed by atoms with Crippen LogP contribution in [0.2, 0.25) is 0 Å². The zero-order chi connectivity index (χ0) is 17.7. The van der Waals surface area contributed by atoms with Gasteiger partial charge in [0.15, 0.2) is 0 Å². The van der Waals surface area contributed by atoms with Gasteiger partial charge in [0.05, 0.1) is 8.27 Å². The van der Waals surface area contributed by atoms with Gasteiger partial charge < -0.3 is 0 Å². The Bertz CT molecular complexity index is 840. The SMILES string of the molecule is c1ccc(P[P+](c2ccccc2)(c2ccccc2)c2ccccc2)cc1. The smallest absolute Gasteiger partial charge is 0.0622 e. The third kappa shape index (κ3) is 3.36. The van der Waals surface area contributed by atoms with Crippen LogP contribution in [-0.2, 0) is 0 Å². The highest BCUT2D eigenvalue weighted by Crippen LogP contribution is 2.70. The van der Waals surface area contributed by atoms with Gasteiger partial charge in [-0.15, -0.1) is 0 Å². The fraction of sp³-hybridized carbons (Fsp3) is 0. The summed E-state index contributed by atoms with van der Waals surface area (Å²) in [6.07, 6.45) is 0. The first-order chi connectivity index (χ1) is 12.9. The van der Waals surface area contributed by atoms with E-state index in [2.05, 4.69) is 121 Å². The van der Waals surface area contributed by atoms with Crippen molar-refractivity contribution in [1.29, 1.82) is 0 Å². The summed E-state index contributed by atoms with van der Waals surface area (Å²) in [6.45, 7) is -1.75. The summed E-state index contributed by atoms with van der Waals surface area (Å²) in [6, 6.07) is 44.2. The lowest BCUT2D eigenvalue weighted by Gasteiger charge is -2.27. The van der Waals surface area contributed by atoms with Crippen LogP contribution in [0.5, 0.6) is 0 Å². The maximum Gasteiger partial charge on any atom is 0.131 e. The molecule has 0 bridgehead atoms. The van der Waals surface area contributed by atoms with E-state index < -0.39 is 6.95 Å². The van der Waals surface area contributed by atoms with E-state index in [-0.39, 0.29) is 0 Å². The monoisotopic (exact) mass is 371 g/mol. The molecule has 0 aromatic heterocycles. The summed E-state index contributed by atoms with van der Waals surface area (Å²) in [4.78, 5) is 0. The highest BCUT2D eigenvalue weighted by atomic mass is 32.1. The molecule has 0 nitrogen and oxygen atoms in total. The normalized spacial score (nSPS) is 11.7. The number of hydrogen-bond acceptors (Lipinski definition) is 0. The Morgan fingerprint density at radius 3 is 1.04 bits per heavy atom. The van der Waals surface area contributed by atoms with Crippen molar-refractivity contribution in [1.82, 2.24) is 0 Å². The first-order valence-electron chi connectivity index (χ1n) is 8.79. The molecule has 0 amide bonds. The molecule has 0 radical (unpaired) electrons. The van der Waals surface area contributed by atoms with Crippen LogP contribution in [0.1, 0.15) is 0 Å². The van der Waals surface area contributed by atoms with Crippen molar-refractivity contribution < 1.29 is 0 Å². The lowest BCUT2D eigenvalue weighted by atomic mass is 10.4. The maximum absolute atomic E-state index is 2.31. The molecule has 4 aromatic rings. The van der Waals surface area contributed by atoms with Gasteiger partial charge in [-0.1, -0.05) is 84.9 Å². The first kappa shape index (κ1) is 17.2. The average Bonchev–Trinajstić information content (AvgIpc) is 2.75. The summed E-state index contributed by atoms with van der Waals surface area (Å²) in [7, 11) is 0.709. The van der Waals surface area contributed by atoms with Gasteiger partial charge in [0.25, 0.3) is 0 Å². The van der Waals surface area contributed by atoms with Crippen molar-refractivity contribution in [2.45, 2.75) is 0 Å². The predicted octanol–water partition coefficient (Wildman–Crippen LogP) is 4.90. The molecule has 0 saturated carbocycles. The third-order valence-electron chi connectivity index (χ3n) is 4.50. The van der Waals surface area contributed by atoms with Gasteiger partial charge in [0, 0.05) is 5.30 Å². The van der Waals surface area contributed by atoms with Crippen LogP contribution in [0.4, 0.5) is 0 Å². The van der Waals surface area contributed by atoms with Gasteiger partial charge in [0.2, 0.25) is 0 Å². The van der Waals surface area contributed by atoms with Gasteiger partial charge in [-0.25, -0.2) is 0 Å². The van der Waals surface area contributed by atoms with E-state index in [1.165, 1.54) is 21.2 Å². The molecule has 2 heteroatoms. The second-order valence-corrected chi connectivity index (χ2v) is 12.5. The zero-order valence-corrected chi connectivity index (χ0v) is 16.4. The summed E-state index contributed by atoms with van der Waals surface area (Å²) in [5.74, 6) is 0. The van der Waals surface area contributed by atoms with Gasteiger partial charge in [-0.3, -0.25) is 0 Å². The lowest BCUT2D eigenvalue weighted by molar-refractivity contribution is 1.73. The molecular weight excluding hydrogens is 350 g/mol. The Balaban J connectivity index is 2.00. The van der Waals surface area contributed by atoms with Crippen LogP contribution in [0.3, 0.4) is 0 Å². The third-order valence-corrected chi connectivity index (χ3v) is 12.8. The van der Waals surface area contributed by atoms with Gasteiger partial charge in [-0.05, 0) is 36.4 Å². The van der Waals surface area contributed by atoms with Crippen LogP contribution in [0.15, 0.2) is 121 Å². The zero-order valence-electron chi connectivity index (χ0n) is 14.5. The second kappa shape index (κ2) is 7.96. The Morgan fingerprint density at radius 1 is 0.385 bits per heavy atom. The standard InChI is InChI=1S/C24H21P2/c1-5-13-21(14-6-1)25-26(22-15-7-2-8-16-22,23-17-9-3-10-18-23)24-19-11-4-12-20-24/h1-20,25H/q+1. The topological polar surface area (TPSA) is 0 Å². The Hall–Kier alpha value is -2.26. The Morgan fingerprint density at radius 2 is 0.692 bits per heavy atom. The van der Waals surface area contributed by atoms with Crippen molar-refractivity contribution in [3.05, 3.63) is 121 Å². The average molecular weight is 371 g/mol. The summed E-state index contributed by atoms with van der Waals surface area (Å²) in [5, 5.41) is 5.75. The van der Waals surface area contributed by atoms with E-state index >= 15 is 0 Å². The largest absolute Gasteiger partial charge is 0.131 e. The summed E-state index contributed by atoms with van der Waals surface area (Å²) < 4.78 is 0.